The predicted molar refractivity (Wildman–Crippen MR) is 82.5 cm³/mol. The number of carbonyl (C=O) groups is 1. The summed E-state index contributed by atoms with van der Waals surface area (Å²) in [7, 11) is 0. The molecule has 0 aromatic heterocycles. The zero-order valence-electron chi connectivity index (χ0n) is 11.5. The Bertz CT molecular complexity index is 606. The average Bonchev–Trinajstić information content (AvgIpc) is 2.46. The molecular weight excluding hydrogens is 250 g/mol. The molecule has 0 aliphatic rings. The second kappa shape index (κ2) is 6.10. The van der Waals surface area contributed by atoms with Crippen molar-refractivity contribution >= 4 is 17.3 Å². The molecule has 20 heavy (non-hydrogen) atoms. The van der Waals surface area contributed by atoms with Crippen molar-refractivity contribution in [3.05, 3.63) is 59.2 Å². The molecule has 0 spiro atoms. The van der Waals surface area contributed by atoms with Crippen molar-refractivity contribution in [1.82, 2.24) is 0 Å². The van der Waals surface area contributed by atoms with Crippen molar-refractivity contribution in [3.8, 4) is 0 Å². The van der Waals surface area contributed by atoms with Gasteiger partial charge in [-0.05, 0) is 35.7 Å². The Labute approximate surface area is 118 Å². The van der Waals surface area contributed by atoms with Gasteiger partial charge in [-0.2, -0.15) is 0 Å². The number of primary amides is 1. The first-order valence-electron chi connectivity index (χ1n) is 6.61. The Morgan fingerprint density at radius 2 is 1.75 bits per heavy atom. The molecule has 0 radical (unpaired) electrons. The van der Waals surface area contributed by atoms with E-state index < -0.39 is 5.91 Å². The Balaban J connectivity index is 2.12. The first kappa shape index (κ1) is 13.9. The molecule has 5 N–H and O–H groups in total. The molecule has 0 aliphatic heterocycles. The quantitative estimate of drug-likeness (QED) is 0.730. The molecular formula is C16H19N3O. The summed E-state index contributed by atoms with van der Waals surface area (Å²) in [6.45, 7) is 2.76. The van der Waals surface area contributed by atoms with Crippen LogP contribution in [-0.4, -0.2) is 5.91 Å². The highest BCUT2D eigenvalue weighted by atomic mass is 16.1. The molecule has 0 saturated heterocycles. The van der Waals surface area contributed by atoms with Gasteiger partial charge in [0.05, 0.1) is 5.56 Å². The predicted octanol–water partition coefficient (Wildman–Crippen LogP) is 2.54. The summed E-state index contributed by atoms with van der Waals surface area (Å²) in [5.41, 5.74) is 15.1. The van der Waals surface area contributed by atoms with Crippen molar-refractivity contribution < 1.29 is 4.79 Å². The summed E-state index contributed by atoms with van der Waals surface area (Å²) in [6, 6.07) is 13.5. The minimum absolute atomic E-state index is 0.412. The van der Waals surface area contributed by atoms with Crippen molar-refractivity contribution in [2.75, 3.05) is 11.1 Å². The minimum Gasteiger partial charge on any atom is -0.399 e. The maximum atomic E-state index is 11.4. The molecule has 0 bridgehead atoms. The molecule has 104 valence electrons. The molecule has 2 aromatic carbocycles. The number of hydrogen-bond acceptors (Lipinski definition) is 3. The number of nitrogens with one attached hydrogen (secondary N) is 1. The molecule has 4 heteroatoms. The standard InChI is InChI=1S/C16H19N3O/c1-2-11-3-5-12(6-4-11)10-19-15-8-7-13(17)9-14(15)16(18)20/h3-9,19H,2,10,17H2,1H3,(H2,18,20). The van der Waals surface area contributed by atoms with Crippen molar-refractivity contribution in [3.63, 3.8) is 0 Å². The van der Waals surface area contributed by atoms with Gasteiger partial charge in [0.25, 0.3) is 5.91 Å². The maximum Gasteiger partial charge on any atom is 0.250 e. The second-order valence-electron chi connectivity index (χ2n) is 4.69. The first-order valence-corrected chi connectivity index (χ1v) is 6.61. The Morgan fingerprint density at radius 1 is 1.10 bits per heavy atom. The lowest BCUT2D eigenvalue weighted by Gasteiger charge is -2.11. The van der Waals surface area contributed by atoms with Crippen LogP contribution >= 0.6 is 0 Å². The van der Waals surface area contributed by atoms with E-state index in [-0.39, 0.29) is 0 Å². The zero-order valence-corrected chi connectivity index (χ0v) is 11.5. The van der Waals surface area contributed by atoms with Gasteiger partial charge in [0.15, 0.2) is 0 Å². The van der Waals surface area contributed by atoms with Gasteiger partial charge >= 0.3 is 0 Å². The summed E-state index contributed by atoms with van der Waals surface area (Å²) >= 11 is 0. The Morgan fingerprint density at radius 3 is 2.35 bits per heavy atom. The van der Waals surface area contributed by atoms with Crippen LogP contribution in [0.5, 0.6) is 0 Å². The topological polar surface area (TPSA) is 81.1 Å². The van der Waals surface area contributed by atoms with Gasteiger partial charge in [-0.3, -0.25) is 4.79 Å². The summed E-state index contributed by atoms with van der Waals surface area (Å²) in [5, 5.41) is 3.22. The van der Waals surface area contributed by atoms with E-state index in [0.717, 1.165) is 12.0 Å². The highest BCUT2D eigenvalue weighted by Crippen LogP contribution is 2.19. The number of rotatable bonds is 5. The highest BCUT2D eigenvalue weighted by Gasteiger charge is 2.08. The van der Waals surface area contributed by atoms with Crippen molar-refractivity contribution in [1.29, 1.82) is 0 Å². The lowest BCUT2D eigenvalue weighted by atomic mass is 10.1. The Kier molecular flexibility index (Phi) is 4.25. The number of carbonyl (C=O) groups excluding carboxylic acids is 1. The molecule has 0 aliphatic carbocycles. The largest absolute Gasteiger partial charge is 0.399 e. The number of amides is 1. The van der Waals surface area contributed by atoms with E-state index in [9.17, 15) is 4.79 Å². The summed E-state index contributed by atoms with van der Waals surface area (Å²) in [4.78, 5) is 11.4. The van der Waals surface area contributed by atoms with E-state index >= 15 is 0 Å². The molecule has 0 atom stereocenters. The van der Waals surface area contributed by atoms with Gasteiger partial charge in [-0.25, -0.2) is 0 Å². The van der Waals surface area contributed by atoms with E-state index in [1.165, 1.54) is 5.56 Å². The molecule has 2 aromatic rings. The lowest BCUT2D eigenvalue weighted by molar-refractivity contribution is 0.100. The molecule has 1 amide bonds. The zero-order chi connectivity index (χ0) is 14.5. The van der Waals surface area contributed by atoms with Crippen LogP contribution < -0.4 is 16.8 Å². The SMILES string of the molecule is CCc1ccc(CNc2ccc(N)cc2C(N)=O)cc1. The van der Waals surface area contributed by atoms with Crippen LogP contribution in [0, 0.1) is 0 Å². The third kappa shape index (κ3) is 3.29. The number of anilines is 2. The van der Waals surface area contributed by atoms with Crippen LogP contribution in [0.2, 0.25) is 0 Å². The molecule has 4 nitrogen and oxygen atoms in total. The van der Waals surface area contributed by atoms with Crippen molar-refractivity contribution in [2.45, 2.75) is 19.9 Å². The number of aryl methyl sites for hydroxylation is 1. The summed E-state index contributed by atoms with van der Waals surface area (Å²) < 4.78 is 0. The van der Waals surface area contributed by atoms with Crippen LogP contribution in [0.4, 0.5) is 11.4 Å². The molecule has 0 unspecified atom stereocenters. The number of benzene rings is 2. The second-order valence-corrected chi connectivity index (χ2v) is 4.69. The highest BCUT2D eigenvalue weighted by molar-refractivity contribution is 5.99. The monoisotopic (exact) mass is 269 g/mol. The molecule has 0 saturated carbocycles. The van der Waals surface area contributed by atoms with Crippen LogP contribution in [0.3, 0.4) is 0 Å². The van der Waals surface area contributed by atoms with Crippen LogP contribution in [0.25, 0.3) is 0 Å². The lowest BCUT2D eigenvalue weighted by Crippen LogP contribution is -2.14. The fraction of sp³-hybridized carbons (Fsp3) is 0.188. The smallest absolute Gasteiger partial charge is 0.250 e. The van der Waals surface area contributed by atoms with E-state index in [1.54, 1.807) is 18.2 Å². The minimum atomic E-state index is -0.485. The fourth-order valence-electron chi connectivity index (χ4n) is 2.01. The molecule has 0 heterocycles. The maximum absolute atomic E-state index is 11.4. The third-order valence-electron chi connectivity index (χ3n) is 3.22. The number of hydrogen-bond donors (Lipinski definition) is 3. The van der Waals surface area contributed by atoms with Crippen LogP contribution in [0.1, 0.15) is 28.4 Å². The fourth-order valence-corrected chi connectivity index (χ4v) is 2.01. The van der Waals surface area contributed by atoms with Crippen LogP contribution in [0.15, 0.2) is 42.5 Å². The average molecular weight is 269 g/mol. The van der Waals surface area contributed by atoms with Gasteiger partial charge in [0.2, 0.25) is 0 Å². The normalized spacial score (nSPS) is 10.2. The van der Waals surface area contributed by atoms with E-state index in [2.05, 4.69) is 36.5 Å². The first-order chi connectivity index (χ1) is 9.60. The van der Waals surface area contributed by atoms with E-state index in [4.69, 9.17) is 11.5 Å². The van der Waals surface area contributed by atoms with Gasteiger partial charge < -0.3 is 16.8 Å². The number of nitrogen functional groups attached to an aromatic ring is 1. The van der Waals surface area contributed by atoms with Crippen LogP contribution in [-0.2, 0) is 13.0 Å². The van der Waals surface area contributed by atoms with Crippen molar-refractivity contribution in [2.24, 2.45) is 5.73 Å². The number of nitrogens with two attached hydrogens (primary N) is 2. The summed E-state index contributed by atoms with van der Waals surface area (Å²) in [5.74, 6) is -0.485. The van der Waals surface area contributed by atoms with E-state index in [0.29, 0.717) is 23.5 Å². The van der Waals surface area contributed by atoms with Gasteiger partial charge in [-0.1, -0.05) is 31.2 Å². The Hall–Kier alpha value is -2.49. The third-order valence-corrected chi connectivity index (χ3v) is 3.22. The van der Waals surface area contributed by atoms with E-state index in [1.807, 2.05) is 0 Å². The van der Waals surface area contributed by atoms with Gasteiger partial charge in [0.1, 0.15) is 0 Å². The molecule has 2 rings (SSSR count). The molecule has 0 fully saturated rings. The summed E-state index contributed by atoms with van der Waals surface area (Å²) in [6.07, 6.45) is 1.03. The van der Waals surface area contributed by atoms with Gasteiger partial charge in [-0.15, -0.1) is 0 Å². The van der Waals surface area contributed by atoms with Gasteiger partial charge in [0, 0.05) is 17.9 Å².